The van der Waals surface area contributed by atoms with E-state index in [-0.39, 0.29) is 24.3 Å². The van der Waals surface area contributed by atoms with Crippen molar-refractivity contribution in [2.24, 2.45) is 5.92 Å². The first-order chi connectivity index (χ1) is 13.1. The van der Waals surface area contributed by atoms with E-state index in [0.717, 1.165) is 25.7 Å². The average Bonchev–Trinajstić information content (AvgIpc) is 2.69. The van der Waals surface area contributed by atoms with Crippen molar-refractivity contribution < 1.29 is 23.9 Å². The minimum Gasteiger partial charge on any atom is -0.434 e. The van der Waals surface area contributed by atoms with Gasteiger partial charge >= 0.3 is 6.16 Å². The second kappa shape index (κ2) is 11.2. The zero-order chi connectivity index (χ0) is 19.5. The van der Waals surface area contributed by atoms with Crippen LogP contribution in [0.5, 0.6) is 5.75 Å². The number of hydrogen-bond acceptors (Lipinski definition) is 5. The van der Waals surface area contributed by atoms with E-state index in [0.29, 0.717) is 30.8 Å². The van der Waals surface area contributed by atoms with Crippen molar-refractivity contribution in [3.8, 4) is 5.75 Å². The van der Waals surface area contributed by atoms with Crippen LogP contribution in [0.4, 0.5) is 4.79 Å². The molecule has 2 rings (SSSR count). The summed E-state index contributed by atoms with van der Waals surface area (Å²) in [6.45, 7) is 2.96. The van der Waals surface area contributed by atoms with Gasteiger partial charge in [-0.25, -0.2) is 4.79 Å². The highest BCUT2D eigenvalue weighted by Crippen LogP contribution is 2.23. The summed E-state index contributed by atoms with van der Waals surface area (Å²) in [6.07, 6.45) is 5.37. The van der Waals surface area contributed by atoms with E-state index in [1.54, 1.807) is 19.1 Å². The number of nitrogens with one attached hydrogen (secondary N) is 2. The zero-order valence-corrected chi connectivity index (χ0v) is 15.8. The van der Waals surface area contributed by atoms with Gasteiger partial charge in [-0.2, -0.15) is 0 Å². The van der Waals surface area contributed by atoms with Crippen molar-refractivity contribution in [2.45, 2.75) is 45.4 Å². The van der Waals surface area contributed by atoms with Crippen molar-refractivity contribution in [1.82, 2.24) is 10.6 Å². The maximum absolute atomic E-state index is 12.1. The van der Waals surface area contributed by atoms with Crippen molar-refractivity contribution in [2.75, 3.05) is 19.7 Å². The molecule has 0 aliphatic heterocycles. The standard InChI is InChI=1S/C20H28N2O5/c1-2-26-20(25)27-17-11-9-16(10-12-17)19(24)22-14-6-13-21-18(23)15-7-4-3-5-8-15/h9-12,15H,2-8,13-14H2,1H3,(H,21,23)(H,22,24). The van der Waals surface area contributed by atoms with Gasteiger partial charge in [0, 0.05) is 24.6 Å². The molecule has 0 saturated heterocycles. The van der Waals surface area contributed by atoms with E-state index in [4.69, 9.17) is 4.74 Å². The molecule has 0 spiro atoms. The molecule has 1 fully saturated rings. The summed E-state index contributed by atoms with van der Waals surface area (Å²) in [5, 5.41) is 5.76. The van der Waals surface area contributed by atoms with Crippen LogP contribution in [0, 0.1) is 5.92 Å². The molecule has 7 nitrogen and oxygen atoms in total. The molecule has 1 aliphatic carbocycles. The highest BCUT2D eigenvalue weighted by Gasteiger charge is 2.20. The van der Waals surface area contributed by atoms with Gasteiger partial charge in [-0.3, -0.25) is 9.59 Å². The summed E-state index contributed by atoms with van der Waals surface area (Å²) in [6, 6.07) is 6.23. The molecule has 0 aromatic heterocycles. The third-order valence-electron chi connectivity index (χ3n) is 4.49. The summed E-state index contributed by atoms with van der Waals surface area (Å²) in [5.74, 6) is 0.397. The Labute approximate surface area is 159 Å². The summed E-state index contributed by atoms with van der Waals surface area (Å²) in [5.41, 5.74) is 0.470. The van der Waals surface area contributed by atoms with Gasteiger partial charge in [0.15, 0.2) is 0 Å². The highest BCUT2D eigenvalue weighted by atomic mass is 16.7. The fourth-order valence-corrected chi connectivity index (χ4v) is 3.03. The van der Waals surface area contributed by atoms with Crippen LogP contribution in [0.3, 0.4) is 0 Å². The first-order valence-corrected chi connectivity index (χ1v) is 9.60. The number of benzene rings is 1. The van der Waals surface area contributed by atoms with Crippen molar-refractivity contribution >= 4 is 18.0 Å². The van der Waals surface area contributed by atoms with Gasteiger partial charge in [0.25, 0.3) is 5.91 Å². The predicted molar refractivity (Wildman–Crippen MR) is 101 cm³/mol. The third-order valence-corrected chi connectivity index (χ3v) is 4.49. The third kappa shape index (κ3) is 7.29. The summed E-state index contributed by atoms with van der Waals surface area (Å²) >= 11 is 0. The Morgan fingerprint density at radius 2 is 1.67 bits per heavy atom. The van der Waals surface area contributed by atoms with Gasteiger partial charge in [-0.1, -0.05) is 19.3 Å². The van der Waals surface area contributed by atoms with Gasteiger partial charge in [-0.05, 0) is 50.5 Å². The lowest BCUT2D eigenvalue weighted by molar-refractivity contribution is -0.125. The molecule has 0 unspecified atom stereocenters. The number of hydrogen-bond donors (Lipinski definition) is 2. The van der Waals surface area contributed by atoms with E-state index in [9.17, 15) is 14.4 Å². The predicted octanol–water partition coefficient (Wildman–Crippen LogP) is 3.04. The second-order valence-corrected chi connectivity index (χ2v) is 6.54. The summed E-state index contributed by atoms with van der Waals surface area (Å²) in [4.78, 5) is 35.3. The number of ether oxygens (including phenoxy) is 2. The quantitative estimate of drug-likeness (QED) is 0.413. The highest BCUT2D eigenvalue weighted by molar-refractivity contribution is 5.94. The van der Waals surface area contributed by atoms with Crippen LogP contribution in [-0.2, 0) is 9.53 Å². The lowest BCUT2D eigenvalue weighted by Gasteiger charge is -2.20. The van der Waals surface area contributed by atoms with Gasteiger partial charge in [0.1, 0.15) is 5.75 Å². The Balaban J connectivity index is 1.63. The SMILES string of the molecule is CCOC(=O)Oc1ccc(C(=O)NCCCNC(=O)C2CCCCC2)cc1. The van der Waals surface area contributed by atoms with Gasteiger partial charge in [0.05, 0.1) is 6.61 Å². The maximum Gasteiger partial charge on any atom is 0.513 e. The van der Waals surface area contributed by atoms with Crippen LogP contribution in [0.15, 0.2) is 24.3 Å². The minimum absolute atomic E-state index is 0.137. The van der Waals surface area contributed by atoms with Crippen molar-refractivity contribution in [1.29, 1.82) is 0 Å². The Morgan fingerprint density at radius 3 is 2.33 bits per heavy atom. The fourth-order valence-electron chi connectivity index (χ4n) is 3.03. The molecule has 2 amide bonds. The molecule has 0 bridgehead atoms. The van der Waals surface area contributed by atoms with E-state index in [1.165, 1.54) is 18.6 Å². The number of carbonyl (C=O) groups is 3. The molecule has 2 N–H and O–H groups in total. The minimum atomic E-state index is -0.773. The maximum atomic E-state index is 12.1. The Bertz CT molecular complexity index is 624. The summed E-state index contributed by atoms with van der Waals surface area (Å²) < 4.78 is 9.63. The zero-order valence-electron chi connectivity index (χ0n) is 15.8. The average molecular weight is 376 g/mol. The topological polar surface area (TPSA) is 93.7 Å². The molecule has 1 saturated carbocycles. The molecule has 27 heavy (non-hydrogen) atoms. The van der Waals surface area contributed by atoms with Crippen LogP contribution in [0.1, 0.15) is 55.8 Å². The van der Waals surface area contributed by atoms with Gasteiger partial charge in [0.2, 0.25) is 5.91 Å². The van der Waals surface area contributed by atoms with E-state index in [2.05, 4.69) is 15.4 Å². The first-order valence-electron chi connectivity index (χ1n) is 9.60. The van der Waals surface area contributed by atoms with Crippen LogP contribution in [-0.4, -0.2) is 37.7 Å². The molecule has 1 aliphatic rings. The molecular weight excluding hydrogens is 348 g/mol. The Hall–Kier alpha value is -2.57. The molecule has 7 heteroatoms. The lowest BCUT2D eigenvalue weighted by Crippen LogP contribution is -2.34. The lowest BCUT2D eigenvalue weighted by atomic mass is 9.89. The molecule has 0 atom stereocenters. The van der Waals surface area contributed by atoms with Gasteiger partial charge < -0.3 is 20.1 Å². The van der Waals surface area contributed by atoms with Crippen LogP contribution < -0.4 is 15.4 Å². The number of carbonyl (C=O) groups excluding carboxylic acids is 3. The summed E-state index contributed by atoms with van der Waals surface area (Å²) in [7, 11) is 0. The van der Waals surface area contributed by atoms with Crippen LogP contribution in [0.2, 0.25) is 0 Å². The molecule has 0 radical (unpaired) electrons. The van der Waals surface area contributed by atoms with E-state index < -0.39 is 6.16 Å². The van der Waals surface area contributed by atoms with Crippen molar-refractivity contribution in [3.63, 3.8) is 0 Å². The molecule has 0 heterocycles. The molecular formula is C20H28N2O5. The smallest absolute Gasteiger partial charge is 0.434 e. The fraction of sp³-hybridized carbons (Fsp3) is 0.550. The van der Waals surface area contributed by atoms with E-state index in [1.807, 2.05) is 0 Å². The largest absolute Gasteiger partial charge is 0.513 e. The molecule has 148 valence electrons. The normalized spacial score (nSPS) is 14.3. The Kier molecular flexibility index (Phi) is 8.61. The monoisotopic (exact) mass is 376 g/mol. The number of rotatable bonds is 8. The van der Waals surface area contributed by atoms with Gasteiger partial charge in [-0.15, -0.1) is 0 Å². The van der Waals surface area contributed by atoms with E-state index >= 15 is 0 Å². The van der Waals surface area contributed by atoms with Crippen LogP contribution in [0.25, 0.3) is 0 Å². The number of amides is 2. The Morgan fingerprint density at radius 1 is 1.00 bits per heavy atom. The second-order valence-electron chi connectivity index (χ2n) is 6.54. The molecule has 1 aromatic carbocycles. The van der Waals surface area contributed by atoms with Crippen molar-refractivity contribution in [3.05, 3.63) is 29.8 Å². The van der Waals surface area contributed by atoms with Crippen LogP contribution >= 0.6 is 0 Å². The first kappa shape index (κ1) is 20.7. The molecule has 1 aromatic rings.